The second kappa shape index (κ2) is 4.49. The lowest BCUT2D eigenvalue weighted by Crippen LogP contribution is -2.40. The van der Waals surface area contributed by atoms with Crippen LogP contribution < -0.4 is 0 Å². The van der Waals surface area contributed by atoms with Gasteiger partial charge in [-0.1, -0.05) is 7.43 Å². The second-order valence-corrected chi connectivity index (χ2v) is 4.05. The zero-order chi connectivity index (χ0) is 7.56. The third-order valence-electron chi connectivity index (χ3n) is 1.62. The molecule has 3 nitrogen and oxygen atoms in total. The van der Waals surface area contributed by atoms with Crippen molar-refractivity contribution in [1.82, 2.24) is 4.90 Å². The van der Waals surface area contributed by atoms with E-state index in [2.05, 4.69) is 0 Å². The summed E-state index contributed by atoms with van der Waals surface area (Å²) < 4.78 is 10.8. The Bertz CT molecular complexity index is 160. The van der Waals surface area contributed by atoms with Gasteiger partial charge in [-0.2, -0.15) is 0 Å². The molecule has 1 aliphatic heterocycles. The van der Waals surface area contributed by atoms with Gasteiger partial charge < -0.3 is 4.90 Å². The Morgan fingerprint density at radius 2 is 1.82 bits per heavy atom. The molecule has 1 heterocycles. The van der Waals surface area contributed by atoms with Gasteiger partial charge in [0.2, 0.25) is 5.91 Å². The topological polar surface area (TPSA) is 37.4 Å². The van der Waals surface area contributed by atoms with Crippen molar-refractivity contribution in [3.8, 4) is 0 Å². The minimum absolute atomic E-state index is 0. The summed E-state index contributed by atoms with van der Waals surface area (Å²) in [5.41, 5.74) is 0. The van der Waals surface area contributed by atoms with Gasteiger partial charge in [0, 0.05) is 42.3 Å². The average molecular weight is 177 g/mol. The minimum atomic E-state index is -0.671. The molecule has 0 aromatic carbocycles. The summed E-state index contributed by atoms with van der Waals surface area (Å²) in [5.74, 6) is 1.40. The number of hydrogen-bond donors (Lipinski definition) is 0. The quantitative estimate of drug-likeness (QED) is 0.531. The lowest BCUT2D eigenvalue weighted by Gasteiger charge is -2.24. The molecule has 0 aromatic heterocycles. The molecule has 0 atom stereocenters. The molecule has 0 saturated carbocycles. The van der Waals surface area contributed by atoms with Gasteiger partial charge in [0.25, 0.3) is 0 Å². The maximum atomic E-state index is 10.8. The summed E-state index contributed by atoms with van der Waals surface area (Å²) >= 11 is 0. The average Bonchev–Trinajstić information content (AvgIpc) is 1.88. The molecule has 1 saturated heterocycles. The Balaban J connectivity index is 0.000001000. The van der Waals surface area contributed by atoms with E-state index in [0.29, 0.717) is 24.6 Å². The monoisotopic (exact) mass is 177 g/mol. The number of hydrogen-bond acceptors (Lipinski definition) is 2. The van der Waals surface area contributed by atoms with E-state index in [-0.39, 0.29) is 13.3 Å². The first-order valence-electron chi connectivity index (χ1n) is 3.30. The molecule has 0 radical (unpaired) electrons. The molecule has 0 aliphatic carbocycles. The van der Waals surface area contributed by atoms with E-state index in [4.69, 9.17) is 0 Å². The summed E-state index contributed by atoms with van der Waals surface area (Å²) in [6.07, 6.45) is 0. The van der Waals surface area contributed by atoms with Crippen molar-refractivity contribution in [3.63, 3.8) is 0 Å². The van der Waals surface area contributed by atoms with Crippen molar-refractivity contribution in [2.45, 2.75) is 14.4 Å². The van der Waals surface area contributed by atoms with E-state index in [9.17, 15) is 9.00 Å². The predicted molar refractivity (Wildman–Crippen MR) is 46.9 cm³/mol. The van der Waals surface area contributed by atoms with Gasteiger partial charge >= 0.3 is 0 Å². The largest absolute Gasteiger partial charge is 0.341 e. The molecular formula is C7H15NO2S. The molecule has 0 aromatic rings. The molecule has 0 spiro atoms. The van der Waals surface area contributed by atoms with E-state index in [1.54, 1.807) is 11.8 Å². The molecule has 66 valence electrons. The van der Waals surface area contributed by atoms with Crippen molar-refractivity contribution >= 4 is 16.7 Å². The van der Waals surface area contributed by atoms with Gasteiger partial charge in [0.05, 0.1) is 0 Å². The number of amides is 1. The molecular weight excluding hydrogens is 162 g/mol. The molecule has 11 heavy (non-hydrogen) atoms. The van der Waals surface area contributed by atoms with Crippen molar-refractivity contribution in [1.29, 1.82) is 0 Å². The first-order chi connectivity index (χ1) is 4.70. The fourth-order valence-electron chi connectivity index (χ4n) is 0.953. The summed E-state index contributed by atoms with van der Waals surface area (Å²) in [4.78, 5) is 12.5. The Morgan fingerprint density at radius 3 is 2.18 bits per heavy atom. The molecule has 1 aliphatic rings. The van der Waals surface area contributed by atoms with Crippen LogP contribution in [0.25, 0.3) is 0 Å². The summed E-state index contributed by atoms with van der Waals surface area (Å²) in [7, 11) is -0.671. The highest BCUT2D eigenvalue weighted by atomic mass is 32.2. The molecule has 0 bridgehead atoms. The molecule has 4 heteroatoms. The molecule has 1 fully saturated rings. The van der Waals surface area contributed by atoms with Crippen LogP contribution in [0.4, 0.5) is 0 Å². The van der Waals surface area contributed by atoms with Gasteiger partial charge in [-0.3, -0.25) is 9.00 Å². The van der Waals surface area contributed by atoms with E-state index in [1.165, 1.54) is 0 Å². The molecule has 0 unspecified atom stereocenters. The third kappa shape index (κ3) is 3.01. The maximum absolute atomic E-state index is 10.8. The van der Waals surface area contributed by atoms with E-state index >= 15 is 0 Å². The fraction of sp³-hybridized carbons (Fsp3) is 0.857. The Labute approximate surface area is 70.2 Å². The molecule has 1 amide bonds. The summed E-state index contributed by atoms with van der Waals surface area (Å²) in [6.45, 7) is 2.89. The van der Waals surface area contributed by atoms with Crippen LogP contribution in [0.2, 0.25) is 0 Å². The zero-order valence-electron chi connectivity index (χ0n) is 6.00. The van der Waals surface area contributed by atoms with Crippen LogP contribution in [0.1, 0.15) is 14.4 Å². The lowest BCUT2D eigenvalue weighted by molar-refractivity contribution is -0.128. The highest BCUT2D eigenvalue weighted by molar-refractivity contribution is 7.85. The number of carbonyl (C=O) groups is 1. The Hall–Kier alpha value is -0.380. The zero-order valence-corrected chi connectivity index (χ0v) is 6.82. The van der Waals surface area contributed by atoms with E-state index in [1.807, 2.05) is 0 Å². The highest BCUT2D eigenvalue weighted by Crippen LogP contribution is 1.99. The van der Waals surface area contributed by atoms with Gasteiger partial charge in [-0.15, -0.1) is 0 Å². The fourth-order valence-corrected chi connectivity index (χ4v) is 2.00. The van der Waals surface area contributed by atoms with Crippen molar-refractivity contribution in [2.75, 3.05) is 24.6 Å². The van der Waals surface area contributed by atoms with Crippen LogP contribution in [0.5, 0.6) is 0 Å². The first-order valence-corrected chi connectivity index (χ1v) is 4.79. The van der Waals surface area contributed by atoms with Crippen LogP contribution in [0.3, 0.4) is 0 Å². The van der Waals surface area contributed by atoms with Crippen LogP contribution >= 0.6 is 0 Å². The Morgan fingerprint density at radius 1 is 1.36 bits per heavy atom. The van der Waals surface area contributed by atoms with Gasteiger partial charge in [0.15, 0.2) is 0 Å². The number of carbonyl (C=O) groups excluding carboxylic acids is 1. The number of rotatable bonds is 0. The minimum Gasteiger partial charge on any atom is -0.341 e. The van der Waals surface area contributed by atoms with Crippen molar-refractivity contribution in [3.05, 3.63) is 0 Å². The molecule has 0 N–H and O–H groups in total. The van der Waals surface area contributed by atoms with Gasteiger partial charge in [-0.25, -0.2) is 0 Å². The van der Waals surface area contributed by atoms with Crippen LogP contribution in [-0.4, -0.2) is 39.6 Å². The molecule has 1 rings (SSSR count). The smallest absolute Gasteiger partial charge is 0.219 e. The van der Waals surface area contributed by atoms with Crippen molar-refractivity contribution in [2.24, 2.45) is 0 Å². The van der Waals surface area contributed by atoms with Gasteiger partial charge in [0.1, 0.15) is 0 Å². The first kappa shape index (κ1) is 10.6. The Kier molecular flexibility index (Phi) is 4.33. The van der Waals surface area contributed by atoms with Gasteiger partial charge in [-0.05, 0) is 0 Å². The highest BCUT2D eigenvalue weighted by Gasteiger charge is 2.16. The lowest BCUT2D eigenvalue weighted by atomic mass is 10.5. The maximum Gasteiger partial charge on any atom is 0.219 e. The van der Waals surface area contributed by atoms with Crippen molar-refractivity contribution < 1.29 is 9.00 Å². The number of nitrogens with zero attached hydrogens (tertiary/aromatic N) is 1. The normalized spacial score (nSPS) is 19.2. The van der Waals surface area contributed by atoms with Crippen LogP contribution in [0.15, 0.2) is 0 Å². The SMILES string of the molecule is C.CC(=O)N1CCS(=O)CC1. The third-order valence-corrected chi connectivity index (χ3v) is 2.90. The predicted octanol–water partition coefficient (Wildman–Crippen LogP) is 0.233. The summed E-state index contributed by atoms with van der Waals surface area (Å²) in [6, 6.07) is 0. The standard InChI is InChI=1S/C6H11NO2S.CH4/c1-6(8)7-2-4-10(9)5-3-7;/h2-5H2,1H3;1H4. The van der Waals surface area contributed by atoms with E-state index in [0.717, 1.165) is 0 Å². The van der Waals surface area contributed by atoms with Crippen LogP contribution in [0, 0.1) is 0 Å². The second-order valence-electron chi connectivity index (χ2n) is 2.35. The van der Waals surface area contributed by atoms with Crippen LogP contribution in [-0.2, 0) is 15.6 Å². The van der Waals surface area contributed by atoms with E-state index < -0.39 is 10.8 Å². The summed E-state index contributed by atoms with van der Waals surface area (Å²) in [5, 5.41) is 0.